The van der Waals surface area contributed by atoms with E-state index in [9.17, 15) is 9.59 Å². The quantitative estimate of drug-likeness (QED) is 0.404. The monoisotopic (exact) mass is 197 g/mol. The minimum absolute atomic E-state index is 0.0473. The summed E-state index contributed by atoms with van der Waals surface area (Å²) in [4.78, 5) is 22.1. The van der Waals surface area contributed by atoms with E-state index in [0.29, 0.717) is 5.57 Å². The number of ether oxygens (including phenoxy) is 1. The third-order valence-corrected chi connectivity index (χ3v) is 1.47. The molecule has 2 N–H and O–H groups in total. The van der Waals surface area contributed by atoms with Crippen LogP contribution in [-0.2, 0) is 14.3 Å². The Labute approximate surface area is 83.4 Å². The normalized spacial score (nSPS) is 11.6. The van der Waals surface area contributed by atoms with Crippen molar-refractivity contribution in [3.63, 3.8) is 0 Å². The van der Waals surface area contributed by atoms with Crippen LogP contribution in [0, 0.1) is 0 Å². The fraction of sp³-hybridized carbons (Fsp3) is 0.400. The first kappa shape index (κ1) is 12.6. The predicted molar refractivity (Wildman–Crippen MR) is 53.3 cm³/mol. The largest absolute Gasteiger partial charge is 0.443 e. The molecule has 0 aromatic heterocycles. The molecule has 1 unspecified atom stereocenters. The second-order valence-electron chi connectivity index (χ2n) is 3.13. The van der Waals surface area contributed by atoms with Crippen molar-refractivity contribution < 1.29 is 14.3 Å². The molecule has 0 amide bonds. The molecule has 78 valence electrons. The van der Waals surface area contributed by atoms with Gasteiger partial charge < -0.3 is 4.74 Å². The van der Waals surface area contributed by atoms with Gasteiger partial charge in [-0.15, -0.1) is 0 Å². The van der Waals surface area contributed by atoms with Crippen molar-refractivity contribution in [1.29, 1.82) is 0 Å². The van der Waals surface area contributed by atoms with Gasteiger partial charge in [0.1, 0.15) is 0 Å². The van der Waals surface area contributed by atoms with Crippen LogP contribution in [0.25, 0.3) is 0 Å². The number of carbonyl (C=O) groups is 2. The molecule has 0 radical (unpaired) electrons. The summed E-state index contributed by atoms with van der Waals surface area (Å²) in [5.74, 6) is -0.806. The van der Waals surface area contributed by atoms with Gasteiger partial charge in [-0.25, -0.2) is 4.79 Å². The van der Waals surface area contributed by atoms with Crippen LogP contribution in [0.15, 0.2) is 24.3 Å². The maximum absolute atomic E-state index is 11.1. The van der Waals surface area contributed by atoms with E-state index in [4.69, 9.17) is 10.5 Å². The number of rotatable bonds is 5. The fourth-order valence-electron chi connectivity index (χ4n) is 0.637. The Morgan fingerprint density at radius 1 is 1.29 bits per heavy atom. The summed E-state index contributed by atoms with van der Waals surface area (Å²) >= 11 is 0. The third kappa shape index (κ3) is 4.57. The Balaban J connectivity index is 4.05. The van der Waals surface area contributed by atoms with Gasteiger partial charge in [-0.2, -0.15) is 0 Å². The first-order valence-electron chi connectivity index (χ1n) is 4.15. The summed E-state index contributed by atoms with van der Waals surface area (Å²) < 4.78 is 4.71. The van der Waals surface area contributed by atoms with E-state index in [-0.39, 0.29) is 17.8 Å². The summed E-state index contributed by atoms with van der Waals surface area (Å²) in [6.07, 6.45) is -0.975. The van der Waals surface area contributed by atoms with Crippen molar-refractivity contribution in [3.8, 4) is 0 Å². The second kappa shape index (κ2) is 5.34. The molecule has 4 nitrogen and oxygen atoms in total. The highest BCUT2D eigenvalue weighted by Crippen LogP contribution is 2.02. The van der Waals surface area contributed by atoms with Crippen molar-refractivity contribution in [2.75, 3.05) is 0 Å². The van der Waals surface area contributed by atoms with E-state index in [1.54, 1.807) is 6.92 Å². The summed E-state index contributed by atoms with van der Waals surface area (Å²) in [5.41, 5.74) is 6.05. The van der Waals surface area contributed by atoms with Gasteiger partial charge in [0.05, 0.1) is 6.42 Å². The van der Waals surface area contributed by atoms with Crippen molar-refractivity contribution >= 4 is 11.8 Å². The van der Waals surface area contributed by atoms with Crippen LogP contribution < -0.4 is 5.73 Å². The maximum Gasteiger partial charge on any atom is 0.334 e. The Bertz CT molecular complexity index is 253. The van der Waals surface area contributed by atoms with E-state index in [2.05, 4.69) is 13.2 Å². The highest BCUT2D eigenvalue weighted by molar-refractivity contribution is 5.94. The van der Waals surface area contributed by atoms with Gasteiger partial charge in [-0.1, -0.05) is 13.2 Å². The first-order chi connectivity index (χ1) is 6.34. The van der Waals surface area contributed by atoms with E-state index in [0.717, 1.165) is 0 Å². The third-order valence-electron chi connectivity index (χ3n) is 1.47. The highest BCUT2D eigenvalue weighted by Gasteiger charge is 2.14. The predicted octanol–water partition coefficient (Wildman–Crippen LogP) is 0.926. The number of hydrogen-bond donors (Lipinski definition) is 1. The molecule has 0 heterocycles. The van der Waals surface area contributed by atoms with E-state index in [1.165, 1.54) is 6.92 Å². The molecule has 0 aliphatic heterocycles. The molecule has 0 saturated carbocycles. The zero-order chi connectivity index (χ0) is 11.3. The SMILES string of the molecule is C=C(C)C(=O)CC(N)OC(=O)C(=C)C. The summed E-state index contributed by atoms with van der Waals surface area (Å²) in [7, 11) is 0. The van der Waals surface area contributed by atoms with Crippen LogP contribution in [0.1, 0.15) is 20.3 Å². The number of carbonyl (C=O) groups excluding carboxylic acids is 2. The van der Waals surface area contributed by atoms with Crippen LogP contribution in [0.2, 0.25) is 0 Å². The lowest BCUT2D eigenvalue weighted by Crippen LogP contribution is -2.30. The summed E-state index contributed by atoms with van der Waals surface area (Å²) in [6, 6.07) is 0. The molecule has 0 rings (SSSR count). The summed E-state index contributed by atoms with van der Waals surface area (Å²) in [6.45, 7) is 9.94. The molecule has 14 heavy (non-hydrogen) atoms. The van der Waals surface area contributed by atoms with Crippen LogP contribution >= 0.6 is 0 Å². The van der Waals surface area contributed by atoms with Crippen LogP contribution in [-0.4, -0.2) is 18.0 Å². The Kier molecular flexibility index (Phi) is 4.80. The molecular weight excluding hydrogens is 182 g/mol. The van der Waals surface area contributed by atoms with Crippen LogP contribution in [0.4, 0.5) is 0 Å². The smallest absolute Gasteiger partial charge is 0.334 e. The highest BCUT2D eigenvalue weighted by atomic mass is 16.6. The number of ketones is 1. The number of allylic oxidation sites excluding steroid dienone is 1. The maximum atomic E-state index is 11.1. The van der Waals surface area contributed by atoms with E-state index < -0.39 is 12.2 Å². The molecule has 0 aliphatic carbocycles. The molecule has 0 aromatic carbocycles. The van der Waals surface area contributed by atoms with Crippen molar-refractivity contribution in [3.05, 3.63) is 24.3 Å². The van der Waals surface area contributed by atoms with Crippen molar-refractivity contribution in [1.82, 2.24) is 0 Å². The van der Waals surface area contributed by atoms with Gasteiger partial charge >= 0.3 is 5.97 Å². The molecule has 0 bridgehead atoms. The standard InChI is InChI=1S/C10H15NO3/c1-6(2)8(12)5-9(11)14-10(13)7(3)4/h9H,1,3,5,11H2,2,4H3. The second-order valence-corrected chi connectivity index (χ2v) is 3.13. The first-order valence-corrected chi connectivity index (χ1v) is 4.15. The van der Waals surface area contributed by atoms with Gasteiger partial charge in [-0.3, -0.25) is 10.5 Å². The number of esters is 1. The van der Waals surface area contributed by atoms with E-state index in [1.807, 2.05) is 0 Å². The molecule has 4 heteroatoms. The number of nitrogens with two attached hydrogens (primary N) is 1. The summed E-state index contributed by atoms with van der Waals surface area (Å²) in [5, 5.41) is 0. The topological polar surface area (TPSA) is 69.4 Å². The molecule has 0 fully saturated rings. The lowest BCUT2D eigenvalue weighted by molar-refractivity contribution is -0.144. The average molecular weight is 197 g/mol. The van der Waals surface area contributed by atoms with Crippen LogP contribution in [0.3, 0.4) is 0 Å². The lowest BCUT2D eigenvalue weighted by atomic mass is 10.1. The zero-order valence-electron chi connectivity index (χ0n) is 8.50. The Morgan fingerprint density at radius 2 is 1.79 bits per heavy atom. The molecule has 0 aromatic rings. The van der Waals surface area contributed by atoms with E-state index >= 15 is 0 Å². The fourth-order valence-corrected chi connectivity index (χ4v) is 0.637. The zero-order valence-corrected chi connectivity index (χ0v) is 8.50. The Morgan fingerprint density at radius 3 is 2.14 bits per heavy atom. The molecule has 0 aliphatic rings. The number of Topliss-reactive ketones (excluding diaryl/α,β-unsaturated/α-hetero) is 1. The molecule has 0 saturated heterocycles. The minimum atomic E-state index is -0.927. The van der Waals surface area contributed by atoms with Crippen molar-refractivity contribution in [2.24, 2.45) is 5.73 Å². The van der Waals surface area contributed by atoms with Crippen molar-refractivity contribution in [2.45, 2.75) is 26.5 Å². The van der Waals surface area contributed by atoms with Gasteiger partial charge in [0.2, 0.25) is 0 Å². The van der Waals surface area contributed by atoms with Crippen LogP contribution in [0.5, 0.6) is 0 Å². The average Bonchev–Trinajstić information content (AvgIpc) is 2.03. The Hall–Kier alpha value is -1.42. The molecule has 0 spiro atoms. The molecule has 1 atom stereocenters. The van der Waals surface area contributed by atoms with Gasteiger partial charge in [0, 0.05) is 5.57 Å². The number of hydrogen-bond acceptors (Lipinski definition) is 4. The van der Waals surface area contributed by atoms with Gasteiger partial charge in [-0.05, 0) is 19.4 Å². The van der Waals surface area contributed by atoms with Gasteiger partial charge in [0.15, 0.2) is 12.0 Å². The molecular formula is C10H15NO3. The minimum Gasteiger partial charge on any atom is -0.443 e. The lowest BCUT2D eigenvalue weighted by Gasteiger charge is -2.11. The van der Waals surface area contributed by atoms with Gasteiger partial charge in [0.25, 0.3) is 0 Å².